The third-order valence-electron chi connectivity index (χ3n) is 9.20. The van der Waals surface area contributed by atoms with Crippen molar-refractivity contribution in [1.82, 2.24) is 0 Å². The molecule has 0 fully saturated rings. The van der Waals surface area contributed by atoms with Gasteiger partial charge in [-0.25, -0.2) is 8.42 Å². The second-order valence-corrected chi connectivity index (χ2v) is 23.7. The SMILES string of the molecule is CCCCCCCCCCCCCCCCC[CH2][Sn+]([CH3])[CH2]CCCCCCCCCCCCCCCCC.O=S(=O)([O-])C(F)(F)F. The first-order chi connectivity index (χ1) is 22.1. The Balaban J connectivity index is 0. The van der Waals surface area contributed by atoms with E-state index in [0.29, 0.717) is 0 Å². The zero-order valence-corrected chi connectivity index (χ0v) is 34.5. The third kappa shape index (κ3) is 40.7. The number of alkyl halides is 3. The van der Waals surface area contributed by atoms with Gasteiger partial charge in [0.15, 0.2) is 10.1 Å². The van der Waals surface area contributed by atoms with E-state index in [1.54, 1.807) is 21.7 Å². The van der Waals surface area contributed by atoms with Gasteiger partial charge in [-0.3, -0.25) is 0 Å². The fourth-order valence-electron chi connectivity index (χ4n) is 6.07. The zero-order chi connectivity index (χ0) is 34.6. The fourth-order valence-corrected chi connectivity index (χ4v) is 11.7. The van der Waals surface area contributed by atoms with Crippen molar-refractivity contribution in [2.75, 3.05) is 0 Å². The van der Waals surface area contributed by atoms with Crippen LogP contribution in [-0.2, 0) is 10.1 Å². The van der Waals surface area contributed by atoms with E-state index in [2.05, 4.69) is 18.8 Å². The Bertz CT molecular complexity index is 653. The first-order valence-corrected chi connectivity index (χ1v) is 28.2. The molecular formula is C38H77F3O3SSn. The number of hydrogen-bond donors (Lipinski definition) is 0. The molecule has 8 heteroatoms. The summed E-state index contributed by atoms with van der Waals surface area (Å²) in [6.45, 7) is 4.62. The molecule has 0 N–H and O–H groups in total. The molecule has 0 unspecified atom stereocenters. The van der Waals surface area contributed by atoms with Crippen molar-refractivity contribution < 1.29 is 26.1 Å². The van der Waals surface area contributed by atoms with Crippen molar-refractivity contribution in [3.63, 3.8) is 0 Å². The molecule has 0 aliphatic heterocycles. The molecule has 0 spiro atoms. The molecule has 0 bridgehead atoms. The zero-order valence-electron chi connectivity index (χ0n) is 30.8. The molecule has 0 aliphatic carbocycles. The molecule has 0 saturated carbocycles. The minimum atomic E-state index is -6.09. The number of hydrogen-bond acceptors (Lipinski definition) is 3. The van der Waals surface area contributed by atoms with Crippen molar-refractivity contribution in [3.05, 3.63) is 0 Å². The molecule has 0 radical (unpaired) electrons. The molecule has 0 aromatic rings. The van der Waals surface area contributed by atoms with Gasteiger partial charge in [0.05, 0.1) is 0 Å². The van der Waals surface area contributed by atoms with E-state index >= 15 is 0 Å². The Morgan fingerprint density at radius 1 is 0.413 bits per heavy atom. The average Bonchev–Trinajstić information content (AvgIpc) is 3.00. The molecule has 0 amide bonds. The van der Waals surface area contributed by atoms with Gasteiger partial charge in [0.25, 0.3) is 0 Å². The molecule has 46 heavy (non-hydrogen) atoms. The van der Waals surface area contributed by atoms with Crippen molar-refractivity contribution >= 4 is 29.9 Å². The van der Waals surface area contributed by atoms with Crippen LogP contribution < -0.4 is 0 Å². The second-order valence-electron chi connectivity index (χ2n) is 14.0. The molecule has 3 nitrogen and oxygen atoms in total. The van der Waals surface area contributed by atoms with Gasteiger partial charge in [0.2, 0.25) is 0 Å². The van der Waals surface area contributed by atoms with E-state index in [0.717, 1.165) is 0 Å². The number of unbranched alkanes of at least 4 members (excludes halogenated alkanes) is 30. The van der Waals surface area contributed by atoms with Crippen LogP contribution in [0.25, 0.3) is 0 Å². The van der Waals surface area contributed by atoms with E-state index in [9.17, 15) is 13.2 Å². The van der Waals surface area contributed by atoms with Crippen LogP contribution in [0.3, 0.4) is 0 Å². The minimum absolute atomic E-state index is 0.951. The Hall–Kier alpha value is 0.499. The summed E-state index contributed by atoms with van der Waals surface area (Å²) >= 11 is -0.951. The summed E-state index contributed by atoms with van der Waals surface area (Å²) in [7, 11) is -6.09. The van der Waals surface area contributed by atoms with Gasteiger partial charge < -0.3 is 4.55 Å². The molecule has 0 saturated heterocycles. The van der Waals surface area contributed by atoms with E-state index < -0.39 is 35.4 Å². The Labute approximate surface area is 293 Å². The molecule has 278 valence electrons. The van der Waals surface area contributed by atoms with E-state index in [1.807, 2.05) is 0 Å². The number of rotatable bonds is 34. The molecule has 0 atom stereocenters. The van der Waals surface area contributed by atoms with Gasteiger partial charge in [-0.05, 0) is 0 Å². The van der Waals surface area contributed by atoms with Gasteiger partial charge in [0.1, 0.15) is 0 Å². The Kier molecular flexibility index (Phi) is 38.9. The molecule has 0 heterocycles. The van der Waals surface area contributed by atoms with Crippen LogP contribution in [0.15, 0.2) is 0 Å². The Morgan fingerprint density at radius 3 is 0.717 bits per heavy atom. The van der Waals surface area contributed by atoms with Crippen LogP contribution in [0.2, 0.25) is 13.8 Å². The third-order valence-corrected chi connectivity index (χ3v) is 16.7. The van der Waals surface area contributed by atoms with Crippen LogP contribution in [0.4, 0.5) is 13.2 Å². The van der Waals surface area contributed by atoms with Crippen molar-refractivity contribution in [2.24, 2.45) is 0 Å². The predicted molar refractivity (Wildman–Crippen MR) is 196 cm³/mol. The van der Waals surface area contributed by atoms with Crippen molar-refractivity contribution in [1.29, 1.82) is 0 Å². The van der Waals surface area contributed by atoms with E-state index in [1.165, 1.54) is 193 Å². The monoisotopic (exact) mass is 790 g/mol. The molecule has 0 aromatic carbocycles. The van der Waals surface area contributed by atoms with Crippen LogP contribution in [-0.4, -0.2) is 38.2 Å². The minimum Gasteiger partial charge on any atom is -0.741 e. The summed E-state index contributed by atoms with van der Waals surface area (Å²) in [6, 6.07) is 0. The van der Waals surface area contributed by atoms with E-state index in [4.69, 9.17) is 13.0 Å². The first kappa shape index (κ1) is 48.6. The summed E-state index contributed by atoms with van der Waals surface area (Å²) in [5.74, 6) is 0. The Morgan fingerprint density at radius 2 is 0.565 bits per heavy atom. The smallest absolute Gasteiger partial charge is 0.741 e. The van der Waals surface area contributed by atoms with Crippen LogP contribution in [0, 0.1) is 0 Å². The fraction of sp³-hybridized carbons (Fsp3) is 1.00. The predicted octanol–water partition coefficient (Wildman–Crippen LogP) is 14.7. The van der Waals surface area contributed by atoms with Crippen molar-refractivity contribution in [2.45, 2.75) is 239 Å². The summed E-state index contributed by atoms with van der Waals surface area (Å²) in [5.41, 5.74) is -5.65. The van der Waals surface area contributed by atoms with Gasteiger partial charge in [-0.2, -0.15) is 13.2 Å². The number of halogens is 3. The quantitative estimate of drug-likeness (QED) is 0.0282. The van der Waals surface area contributed by atoms with Gasteiger partial charge in [-0.1, -0.05) is 78.1 Å². The molecule has 0 aliphatic rings. The summed E-state index contributed by atoms with van der Waals surface area (Å²) in [4.78, 5) is 2.71. The van der Waals surface area contributed by atoms with Crippen LogP contribution >= 0.6 is 0 Å². The van der Waals surface area contributed by atoms with Gasteiger partial charge in [-0.15, -0.1) is 0 Å². The normalized spacial score (nSPS) is 11.9. The van der Waals surface area contributed by atoms with E-state index in [-0.39, 0.29) is 0 Å². The van der Waals surface area contributed by atoms with Crippen LogP contribution in [0.1, 0.15) is 219 Å². The standard InChI is InChI=1S/2C18H37.CHF3O3S.CH3.Sn/c2*1-3-5-7-9-11-13-15-17-18-16-14-12-10-8-6-4-2;2-1(3,4)8(5,6)7;;/h2*1,3-18H2,2H3;(H,5,6,7);1H3;/q;;;;+1/p-1. The van der Waals surface area contributed by atoms with Gasteiger partial charge >= 0.3 is 180 Å². The molecule has 0 aromatic heterocycles. The van der Waals surface area contributed by atoms with Crippen LogP contribution in [0.5, 0.6) is 0 Å². The maximum absolute atomic E-state index is 10.7. The molecular weight excluding hydrogens is 712 g/mol. The van der Waals surface area contributed by atoms with Crippen molar-refractivity contribution in [3.8, 4) is 0 Å². The first-order valence-electron chi connectivity index (χ1n) is 19.9. The summed E-state index contributed by atoms with van der Waals surface area (Å²) in [6.07, 6.45) is 47.8. The topological polar surface area (TPSA) is 57.2 Å². The molecule has 0 rings (SSSR count). The second kappa shape index (κ2) is 36.8. The maximum atomic E-state index is 10.7. The summed E-state index contributed by atoms with van der Waals surface area (Å²) < 4.78 is 62.3. The average molecular weight is 790 g/mol. The summed E-state index contributed by atoms with van der Waals surface area (Å²) in [5, 5.41) is 0. The van der Waals surface area contributed by atoms with Gasteiger partial charge in [0, 0.05) is 0 Å².